The molecule has 0 aliphatic heterocycles. The van der Waals surface area contributed by atoms with E-state index in [0.29, 0.717) is 12.8 Å². The van der Waals surface area contributed by atoms with E-state index in [0.717, 1.165) is 0 Å². The Morgan fingerprint density at radius 1 is 0.794 bits per heavy atom. The Morgan fingerprint density at radius 2 is 1.24 bits per heavy atom. The number of hydrogen-bond acceptors (Lipinski definition) is 6. The van der Waals surface area contributed by atoms with E-state index >= 15 is 0 Å². The molecule has 0 saturated heterocycles. The van der Waals surface area contributed by atoms with E-state index in [1.54, 1.807) is 34.6 Å². The molecule has 0 aromatic rings. The van der Waals surface area contributed by atoms with E-state index in [-0.39, 0.29) is 34.5 Å². The van der Waals surface area contributed by atoms with Crippen LogP contribution in [0.15, 0.2) is 0 Å². The summed E-state index contributed by atoms with van der Waals surface area (Å²) < 4.78 is 12.8. The van der Waals surface area contributed by atoms with Crippen molar-refractivity contribution < 1.29 is 28.7 Å². The molecule has 200 valence electrons. The molecule has 7 heteroatoms. The Labute approximate surface area is 209 Å². The zero-order valence-corrected chi connectivity index (χ0v) is 25.0. The number of aliphatic hydroxyl groups excluding tert-OH is 1. The summed E-state index contributed by atoms with van der Waals surface area (Å²) >= 11 is 0. The monoisotopic (exact) mass is 500 g/mol. The third-order valence-electron chi connectivity index (χ3n) is 7.78. The highest BCUT2D eigenvalue weighted by molar-refractivity contribution is 6.74. The molecule has 0 aromatic carbocycles. The molecule has 0 rings (SSSR count). The molecular weight excluding hydrogens is 448 g/mol. The Bertz CT molecular complexity index is 681. The van der Waals surface area contributed by atoms with Crippen LogP contribution in [0, 0.1) is 29.6 Å². The zero-order valence-electron chi connectivity index (χ0n) is 24.0. The van der Waals surface area contributed by atoms with Gasteiger partial charge in [0.25, 0.3) is 0 Å². The fourth-order valence-electron chi connectivity index (χ4n) is 4.05. The average Bonchev–Trinajstić information content (AvgIpc) is 2.76. The summed E-state index contributed by atoms with van der Waals surface area (Å²) in [4.78, 5) is 37.9. The predicted octanol–water partition coefficient (Wildman–Crippen LogP) is 5.81. The summed E-state index contributed by atoms with van der Waals surface area (Å²) in [5.74, 6) is -2.82. The molecule has 0 saturated carbocycles. The SMILES string of the molecule is CCC(=O)[C@H](C)[C@H](O)[C@H](C)C(=O)O[C@H]([C@H](C)[C@H](O[Si](C)(C)C(C)(C)C)C(C)C)[C@@H](C)C(=O)CC. The molecule has 6 nitrogen and oxygen atoms in total. The molecule has 0 unspecified atom stereocenters. The van der Waals surface area contributed by atoms with Crippen molar-refractivity contribution in [3.8, 4) is 0 Å². The normalized spacial score (nSPS) is 19.0. The van der Waals surface area contributed by atoms with Gasteiger partial charge in [0.15, 0.2) is 8.32 Å². The van der Waals surface area contributed by atoms with Crippen LogP contribution in [0.25, 0.3) is 0 Å². The number of hydrogen-bond donors (Lipinski definition) is 1. The standard InChI is InChI=1S/C27H52O6Si/c1-14-21(28)17(5)23(30)19(7)26(31)32-25(18(6)22(29)15-2)20(8)24(16(3)4)33-34(12,13)27(9,10)11/h16-20,23-25,30H,14-15H2,1-13H3/t17-,18-,19-,20+,23-,24+,25-/m0/s1. The first-order valence-electron chi connectivity index (χ1n) is 13.0. The second kappa shape index (κ2) is 13.3. The highest BCUT2D eigenvalue weighted by atomic mass is 28.4. The van der Waals surface area contributed by atoms with Crippen molar-refractivity contribution in [2.75, 3.05) is 0 Å². The molecule has 1 N–H and O–H groups in total. The van der Waals surface area contributed by atoms with Crippen molar-refractivity contribution in [1.29, 1.82) is 0 Å². The number of ketones is 2. The molecule has 0 radical (unpaired) electrons. The third kappa shape index (κ3) is 8.56. The van der Waals surface area contributed by atoms with Crippen molar-refractivity contribution in [2.24, 2.45) is 29.6 Å². The second-order valence-electron chi connectivity index (χ2n) is 11.8. The van der Waals surface area contributed by atoms with E-state index in [4.69, 9.17) is 9.16 Å². The minimum Gasteiger partial charge on any atom is -0.461 e. The predicted molar refractivity (Wildman–Crippen MR) is 140 cm³/mol. The summed E-state index contributed by atoms with van der Waals surface area (Å²) in [7, 11) is -2.12. The van der Waals surface area contributed by atoms with Gasteiger partial charge in [-0.2, -0.15) is 0 Å². The molecule has 0 bridgehead atoms. The minimum absolute atomic E-state index is 0.0114. The Kier molecular flexibility index (Phi) is 12.9. The van der Waals surface area contributed by atoms with Crippen LogP contribution in [0.1, 0.15) is 89.0 Å². The summed E-state index contributed by atoms with van der Waals surface area (Å²) in [5, 5.41) is 10.6. The molecule has 0 aromatic heterocycles. The van der Waals surface area contributed by atoms with Crippen LogP contribution in [-0.4, -0.2) is 49.3 Å². The van der Waals surface area contributed by atoms with Gasteiger partial charge in [-0.1, -0.05) is 69.2 Å². The molecule has 0 heterocycles. The van der Waals surface area contributed by atoms with Crippen LogP contribution < -0.4 is 0 Å². The number of rotatable bonds is 14. The number of Topliss-reactive ketones (excluding diaryl/α,β-unsaturated/α-hetero) is 2. The summed E-state index contributed by atoms with van der Waals surface area (Å²) in [5.41, 5.74) is 0. The number of ether oxygens (including phenoxy) is 1. The molecule has 0 aliphatic carbocycles. The van der Waals surface area contributed by atoms with Gasteiger partial charge < -0.3 is 14.3 Å². The van der Waals surface area contributed by atoms with Crippen LogP contribution in [0.3, 0.4) is 0 Å². The maximum absolute atomic E-state index is 13.1. The topological polar surface area (TPSA) is 89.9 Å². The first-order chi connectivity index (χ1) is 15.3. The second-order valence-corrected chi connectivity index (χ2v) is 16.6. The largest absolute Gasteiger partial charge is 0.461 e. The molecular formula is C27H52O6Si. The first-order valence-corrected chi connectivity index (χ1v) is 15.9. The van der Waals surface area contributed by atoms with Gasteiger partial charge in [-0.15, -0.1) is 0 Å². The fourth-order valence-corrected chi connectivity index (χ4v) is 5.57. The Morgan fingerprint density at radius 3 is 1.62 bits per heavy atom. The lowest BCUT2D eigenvalue weighted by Gasteiger charge is -2.44. The molecule has 7 atom stereocenters. The van der Waals surface area contributed by atoms with Crippen molar-refractivity contribution in [3.63, 3.8) is 0 Å². The van der Waals surface area contributed by atoms with Crippen LogP contribution in [0.4, 0.5) is 0 Å². The van der Waals surface area contributed by atoms with E-state index in [1.165, 1.54) is 0 Å². The zero-order chi connectivity index (χ0) is 27.2. The quantitative estimate of drug-likeness (QED) is 0.239. The summed E-state index contributed by atoms with van der Waals surface area (Å²) in [6, 6.07) is 0. The Balaban J connectivity index is 6.04. The molecule has 0 amide bonds. The maximum atomic E-state index is 13.1. The summed E-state index contributed by atoms with van der Waals surface area (Å²) in [6.45, 7) is 25.7. The molecule has 0 fully saturated rings. The van der Waals surface area contributed by atoms with E-state index in [1.807, 2.05) is 6.92 Å². The number of carbonyl (C=O) groups is 3. The van der Waals surface area contributed by atoms with E-state index in [2.05, 4.69) is 47.7 Å². The van der Waals surface area contributed by atoms with Gasteiger partial charge in [-0.3, -0.25) is 14.4 Å². The van der Waals surface area contributed by atoms with Crippen molar-refractivity contribution in [3.05, 3.63) is 0 Å². The van der Waals surface area contributed by atoms with Gasteiger partial charge >= 0.3 is 5.97 Å². The van der Waals surface area contributed by atoms with Crippen molar-refractivity contribution in [2.45, 2.75) is 125 Å². The van der Waals surface area contributed by atoms with Gasteiger partial charge in [0.1, 0.15) is 17.7 Å². The van der Waals surface area contributed by atoms with E-state index < -0.39 is 44.2 Å². The number of esters is 1. The van der Waals surface area contributed by atoms with Gasteiger partial charge in [-0.25, -0.2) is 0 Å². The lowest BCUT2D eigenvalue weighted by Crippen LogP contribution is -2.51. The van der Waals surface area contributed by atoms with Crippen LogP contribution in [0.2, 0.25) is 18.1 Å². The Hall–Kier alpha value is -1.05. The highest BCUT2D eigenvalue weighted by Gasteiger charge is 2.44. The van der Waals surface area contributed by atoms with Crippen LogP contribution >= 0.6 is 0 Å². The van der Waals surface area contributed by atoms with Gasteiger partial charge in [0.05, 0.1) is 24.0 Å². The third-order valence-corrected chi connectivity index (χ3v) is 12.3. The van der Waals surface area contributed by atoms with Gasteiger partial charge in [0.2, 0.25) is 0 Å². The molecule has 34 heavy (non-hydrogen) atoms. The van der Waals surface area contributed by atoms with E-state index in [9.17, 15) is 19.5 Å². The highest BCUT2D eigenvalue weighted by Crippen LogP contribution is 2.40. The van der Waals surface area contributed by atoms with Crippen molar-refractivity contribution in [1.82, 2.24) is 0 Å². The molecule has 0 aliphatic rings. The average molecular weight is 501 g/mol. The number of aliphatic hydroxyl groups is 1. The fraction of sp³-hybridized carbons (Fsp3) is 0.889. The van der Waals surface area contributed by atoms with Gasteiger partial charge in [-0.05, 0) is 31.0 Å². The van der Waals surface area contributed by atoms with Crippen LogP contribution in [-0.2, 0) is 23.5 Å². The minimum atomic E-state index is -2.12. The smallest absolute Gasteiger partial charge is 0.311 e. The first kappa shape index (κ1) is 32.9. The van der Waals surface area contributed by atoms with Crippen LogP contribution in [0.5, 0.6) is 0 Å². The number of carbonyl (C=O) groups excluding carboxylic acids is 3. The maximum Gasteiger partial charge on any atom is 0.311 e. The summed E-state index contributed by atoms with van der Waals surface area (Å²) in [6.07, 6.45) is -1.40. The van der Waals surface area contributed by atoms with Crippen molar-refractivity contribution >= 4 is 25.9 Å². The van der Waals surface area contributed by atoms with Gasteiger partial charge in [0, 0.05) is 24.7 Å². The molecule has 0 spiro atoms. The lowest BCUT2D eigenvalue weighted by atomic mass is 9.82. The lowest BCUT2D eigenvalue weighted by molar-refractivity contribution is -0.168.